The summed E-state index contributed by atoms with van der Waals surface area (Å²) in [5, 5.41) is 26.3. The number of nitro benzene ring substituents is 2. The van der Waals surface area contributed by atoms with Crippen molar-refractivity contribution in [3.63, 3.8) is 0 Å². The molecular weight excluding hydrogens is 430 g/mol. The number of hydrazone groups is 1. The Morgan fingerprint density at radius 3 is 2.35 bits per heavy atom. The van der Waals surface area contributed by atoms with E-state index in [9.17, 15) is 28.6 Å². The summed E-state index contributed by atoms with van der Waals surface area (Å²) in [5.41, 5.74) is 3.00. The van der Waals surface area contributed by atoms with Crippen LogP contribution in [0.1, 0.15) is 12.5 Å². The highest BCUT2D eigenvalue weighted by Gasteiger charge is 2.30. The van der Waals surface area contributed by atoms with Crippen LogP contribution in [0.3, 0.4) is 0 Å². The third kappa shape index (κ3) is 5.02. The monoisotopic (exact) mass is 449 g/mol. The first-order chi connectivity index (χ1) is 14.7. The lowest BCUT2D eigenvalue weighted by Gasteiger charge is -2.26. The number of morpholine rings is 1. The number of rotatable bonds is 7. The van der Waals surface area contributed by atoms with E-state index in [2.05, 4.69) is 10.5 Å². The molecule has 0 saturated carbocycles. The van der Waals surface area contributed by atoms with E-state index in [1.807, 2.05) is 0 Å². The van der Waals surface area contributed by atoms with Crippen LogP contribution in [0, 0.1) is 20.2 Å². The minimum absolute atomic E-state index is 0.0434. The Hall–Kier alpha value is -3.42. The van der Waals surface area contributed by atoms with E-state index >= 15 is 0 Å². The number of nitrogens with one attached hydrogen (secondary N) is 1. The van der Waals surface area contributed by atoms with Gasteiger partial charge >= 0.3 is 0 Å². The molecule has 0 aromatic heterocycles. The molecule has 0 amide bonds. The zero-order chi connectivity index (χ0) is 22.6. The quantitative estimate of drug-likeness (QED) is 0.383. The van der Waals surface area contributed by atoms with Crippen LogP contribution in [0.2, 0.25) is 0 Å². The molecule has 0 unspecified atom stereocenters. The average molecular weight is 449 g/mol. The summed E-state index contributed by atoms with van der Waals surface area (Å²) in [5.74, 6) is 0. The highest BCUT2D eigenvalue weighted by molar-refractivity contribution is 7.89. The molecule has 164 valence electrons. The van der Waals surface area contributed by atoms with Crippen molar-refractivity contribution in [1.29, 1.82) is 0 Å². The van der Waals surface area contributed by atoms with Crippen molar-refractivity contribution in [3.8, 4) is 0 Å². The molecular formula is C18H19N5O7S. The number of anilines is 1. The first kappa shape index (κ1) is 22.3. The number of nitrogens with zero attached hydrogens (tertiary/aromatic N) is 4. The van der Waals surface area contributed by atoms with Crippen LogP contribution in [0.4, 0.5) is 17.1 Å². The molecule has 2 aromatic carbocycles. The molecule has 1 aliphatic rings. The summed E-state index contributed by atoms with van der Waals surface area (Å²) in [6.07, 6.45) is 0. The lowest BCUT2D eigenvalue weighted by atomic mass is 10.1. The Labute approximate surface area is 177 Å². The molecule has 2 aromatic rings. The van der Waals surface area contributed by atoms with Crippen LogP contribution in [-0.2, 0) is 14.8 Å². The van der Waals surface area contributed by atoms with Gasteiger partial charge in [-0.1, -0.05) is 12.1 Å². The molecule has 31 heavy (non-hydrogen) atoms. The lowest BCUT2D eigenvalue weighted by Crippen LogP contribution is -2.40. The minimum Gasteiger partial charge on any atom is -0.379 e. The topological polar surface area (TPSA) is 157 Å². The molecule has 0 spiro atoms. The third-order valence-corrected chi connectivity index (χ3v) is 6.52. The van der Waals surface area contributed by atoms with Gasteiger partial charge in [0.1, 0.15) is 4.90 Å². The molecule has 12 nitrogen and oxygen atoms in total. The van der Waals surface area contributed by atoms with Crippen LogP contribution in [0.15, 0.2) is 52.5 Å². The highest BCUT2D eigenvalue weighted by atomic mass is 32.2. The predicted molar refractivity (Wildman–Crippen MR) is 112 cm³/mol. The minimum atomic E-state index is -4.05. The zero-order valence-corrected chi connectivity index (χ0v) is 17.2. The number of hydrogen-bond acceptors (Lipinski definition) is 9. The normalized spacial score (nSPS) is 15.5. The van der Waals surface area contributed by atoms with Crippen LogP contribution in [0.25, 0.3) is 0 Å². The van der Waals surface area contributed by atoms with Gasteiger partial charge in [0.05, 0.1) is 34.5 Å². The zero-order valence-electron chi connectivity index (χ0n) is 16.4. The summed E-state index contributed by atoms with van der Waals surface area (Å²) < 4.78 is 32.6. The van der Waals surface area contributed by atoms with Gasteiger partial charge in [0, 0.05) is 42.9 Å². The molecule has 0 radical (unpaired) electrons. The Bertz CT molecular complexity index is 1140. The summed E-state index contributed by atoms with van der Waals surface area (Å²) >= 11 is 0. The van der Waals surface area contributed by atoms with Gasteiger partial charge in [0.2, 0.25) is 10.0 Å². The molecule has 1 aliphatic heterocycles. The second-order valence-electron chi connectivity index (χ2n) is 6.57. The molecule has 0 atom stereocenters. The van der Waals surface area contributed by atoms with Crippen molar-refractivity contribution in [2.24, 2.45) is 5.10 Å². The number of nitro groups is 2. The second-order valence-corrected chi connectivity index (χ2v) is 8.48. The fraction of sp³-hybridized carbons (Fsp3) is 0.278. The first-order valence-corrected chi connectivity index (χ1v) is 10.6. The van der Waals surface area contributed by atoms with Crippen LogP contribution >= 0.6 is 0 Å². The van der Waals surface area contributed by atoms with Crippen molar-refractivity contribution >= 4 is 32.8 Å². The number of hydrogen-bond donors (Lipinski definition) is 1. The van der Waals surface area contributed by atoms with Gasteiger partial charge in [0.25, 0.3) is 11.4 Å². The third-order valence-electron chi connectivity index (χ3n) is 4.58. The molecule has 3 rings (SSSR count). The maximum absolute atomic E-state index is 13.1. The van der Waals surface area contributed by atoms with Crippen LogP contribution in [0.5, 0.6) is 0 Å². The van der Waals surface area contributed by atoms with E-state index in [0.29, 0.717) is 11.3 Å². The fourth-order valence-corrected chi connectivity index (χ4v) is 4.48. The molecule has 1 fully saturated rings. The molecule has 0 aliphatic carbocycles. The van der Waals surface area contributed by atoms with Crippen LogP contribution in [-0.4, -0.2) is 54.6 Å². The number of sulfonamides is 1. The van der Waals surface area contributed by atoms with E-state index < -0.39 is 19.9 Å². The van der Waals surface area contributed by atoms with Gasteiger partial charge in [-0.05, 0) is 13.0 Å². The lowest BCUT2D eigenvalue weighted by molar-refractivity contribution is -0.385. The SMILES string of the molecule is C/C(=N\Nc1ccc([N+](=O)[O-])cc1S(=O)(=O)N1CCOCC1)c1cccc([N+](=O)[O-])c1. The number of ether oxygens (including phenoxy) is 1. The predicted octanol–water partition coefficient (Wildman–Crippen LogP) is 2.36. The van der Waals surface area contributed by atoms with Gasteiger partial charge < -0.3 is 4.74 Å². The number of non-ortho nitro benzene ring substituents is 2. The van der Waals surface area contributed by atoms with Crippen molar-refractivity contribution in [1.82, 2.24) is 4.31 Å². The van der Waals surface area contributed by atoms with Gasteiger partial charge in [0.15, 0.2) is 0 Å². The molecule has 1 saturated heterocycles. The van der Waals surface area contributed by atoms with Crippen molar-refractivity contribution < 1.29 is 23.0 Å². The van der Waals surface area contributed by atoms with Gasteiger partial charge in [-0.15, -0.1) is 0 Å². The second kappa shape index (κ2) is 9.16. The Morgan fingerprint density at radius 2 is 1.71 bits per heavy atom. The van der Waals surface area contributed by atoms with Crippen molar-refractivity contribution in [3.05, 3.63) is 68.3 Å². The van der Waals surface area contributed by atoms with E-state index in [4.69, 9.17) is 4.74 Å². The van der Waals surface area contributed by atoms with E-state index in [0.717, 1.165) is 6.07 Å². The average Bonchev–Trinajstić information content (AvgIpc) is 2.77. The van der Waals surface area contributed by atoms with Gasteiger partial charge in [-0.25, -0.2) is 8.42 Å². The molecule has 1 heterocycles. The number of benzene rings is 2. The van der Waals surface area contributed by atoms with E-state index in [1.165, 1.54) is 34.6 Å². The van der Waals surface area contributed by atoms with Crippen molar-refractivity contribution in [2.45, 2.75) is 11.8 Å². The summed E-state index contributed by atoms with van der Waals surface area (Å²) in [6.45, 7) is 2.29. The standard InChI is InChI=1S/C18H19N5O7S/c1-13(14-3-2-4-15(11-14)22(24)25)19-20-17-6-5-16(23(26)27)12-18(17)31(28,29)21-7-9-30-10-8-21/h2-6,11-12,20H,7-10H2,1H3/b19-13+. The highest BCUT2D eigenvalue weighted by Crippen LogP contribution is 2.29. The maximum atomic E-state index is 13.1. The largest absolute Gasteiger partial charge is 0.379 e. The van der Waals surface area contributed by atoms with Crippen molar-refractivity contribution in [2.75, 3.05) is 31.7 Å². The molecule has 0 bridgehead atoms. The van der Waals surface area contributed by atoms with E-state index in [1.54, 1.807) is 13.0 Å². The Kier molecular flexibility index (Phi) is 6.58. The fourth-order valence-electron chi connectivity index (χ4n) is 2.91. The molecule has 1 N–H and O–H groups in total. The Morgan fingerprint density at radius 1 is 1.06 bits per heavy atom. The van der Waals surface area contributed by atoms with Gasteiger partial charge in [-0.2, -0.15) is 9.41 Å². The summed E-state index contributed by atoms with van der Waals surface area (Å²) in [4.78, 5) is 20.6. The maximum Gasteiger partial charge on any atom is 0.270 e. The Balaban J connectivity index is 1.97. The van der Waals surface area contributed by atoms with Gasteiger partial charge in [-0.3, -0.25) is 25.7 Å². The summed E-state index contributed by atoms with van der Waals surface area (Å²) in [6, 6.07) is 9.20. The smallest absolute Gasteiger partial charge is 0.270 e. The van der Waals surface area contributed by atoms with Crippen LogP contribution < -0.4 is 5.43 Å². The molecule has 13 heteroatoms. The summed E-state index contributed by atoms with van der Waals surface area (Å²) in [7, 11) is -4.05. The van der Waals surface area contributed by atoms with E-state index in [-0.39, 0.29) is 48.3 Å². The first-order valence-electron chi connectivity index (χ1n) is 9.11.